The Labute approximate surface area is 161 Å². The number of nitrogens with zero attached hydrogens (tertiary/aromatic N) is 1. The van der Waals surface area contributed by atoms with Gasteiger partial charge in [0.25, 0.3) is 0 Å². The minimum atomic E-state index is -0.454. The molecule has 0 aliphatic heterocycles. The first kappa shape index (κ1) is 19.9. The van der Waals surface area contributed by atoms with Crippen LogP contribution >= 0.6 is 11.6 Å². The summed E-state index contributed by atoms with van der Waals surface area (Å²) in [5, 5.41) is 14.7. The average Bonchev–Trinajstić information content (AvgIpc) is 3.37. The molecule has 2 aliphatic rings. The minimum absolute atomic E-state index is 0. The molecular weight excluding hydrogens is 317 g/mol. The molecule has 5 heteroatoms. The summed E-state index contributed by atoms with van der Waals surface area (Å²) in [4.78, 5) is 12.7. The molecule has 1 amide bonds. The Bertz CT molecular complexity index is 539. The molecule has 126 valence electrons. The van der Waals surface area contributed by atoms with Crippen LogP contribution in [0.3, 0.4) is 0 Å². The Morgan fingerprint density at radius 3 is 2.38 bits per heavy atom. The topological polar surface area (TPSA) is 51.4 Å². The number of amides is 1. The van der Waals surface area contributed by atoms with E-state index in [2.05, 4.69) is 5.32 Å². The van der Waals surface area contributed by atoms with Gasteiger partial charge in [-0.2, -0.15) is 0 Å². The predicted molar refractivity (Wildman–Crippen MR) is 92.8 cm³/mol. The van der Waals surface area contributed by atoms with E-state index >= 15 is 0 Å². The number of halogens is 1. The van der Waals surface area contributed by atoms with Crippen molar-refractivity contribution < 1.29 is 28.8 Å². The van der Waals surface area contributed by atoms with Gasteiger partial charge in [0.2, 0.25) is 0 Å². The number of benzene rings is 1. The zero-order valence-corrected chi connectivity index (χ0v) is 15.3. The van der Waals surface area contributed by atoms with E-state index in [1.807, 2.05) is 24.3 Å². The monoisotopic (exact) mass is 341 g/mol. The average molecular weight is 342 g/mol. The van der Waals surface area contributed by atoms with Crippen LogP contribution < -0.4 is 18.9 Å². The molecule has 2 fully saturated rings. The van der Waals surface area contributed by atoms with Crippen molar-refractivity contribution in [2.45, 2.75) is 62.8 Å². The van der Waals surface area contributed by atoms with E-state index in [1.54, 1.807) is 0 Å². The summed E-state index contributed by atoms with van der Waals surface area (Å²) in [6.45, 7) is -0.0288. The van der Waals surface area contributed by atoms with Crippen LogP contribution in [0, 0.1) is 5.92 Å². The van der Waals surface area contributed by atoms with Crippen molar-refractivity contribution in [3.63, 3.8) is 0 Å². The van der Waals surface area contributed by atoms with Crippen molar-refractivity contribution in [1.82, 2.24) is 0 Å². The summed E-state index contributed by atoms with van der Waals surface area (Å²) in [5.41, 5.74) is 0.551. The fraction of sp³-hybridized carbons (Fsp3) is 0.632. The van der Waals surface area contributed by atoms with Gasteiger partial charge in [0.15, 0.2) is 0 Å². The molecule has 3 rings (SSSR count). The summed E-state index contributed by atoms with van der Waals surface area (Å²) in [6.07, 6.45) is 8.81. The van der Waals surface area contributed by atoms with Crippen LogP contribution in [0.4, 0.5) is 0 Å². The molecule has 1 aromatic carbocycles. The molecule has 0 radical (unpaired) electrons. The zero-order chi connectivity index (χ0) is 16.3. The quantitative estimate of drug-likeness (QED) is 0.799. The summed E-state index contributed by atoms with van der Waals surface area (Å²) >= 11 is 5.94. The first-order valence-electron chi connectivity index (χ1n) is 8.76. The van der Waals surface area contributed by atoms with Gasteiger partial charge in [0.1, 0.15) is 0 Å². The van der Waals surface area contributed by atoms with Gasteiger partial charge in [0.05, 0.1) is 5.91 Å². The van der Waals surface area contributed by atoms with Gasteiger partial charge in [-0.15, -0.1) is 0 Å². The van der Waals surface area contributed by atoms with E-state index in [-0.39, 0.29) is 37.4 Å². The van der Waals surface area contributed by atoms with Gasteiger partial charge in [-0.25, -0.2) is 0 Å². The normalized spacial score (nSPS) is 20.8. The van der Waals surface area contributed by atoms with E-state index in [4.69, 9.17) is 11.6 Å². The summed E-state index contributed by atoms with van der Waals surface area (Å²) in [6, 6.07) is 7.27. The van der Waals surface area contributed by atoms with Crippen molar-refractivity contribution in [3.8, 4) is 0 Å². The molecule has 1 N–H and O–H groups in total. The maximum atomic E-state index is 12.7. The minimum Gasteiger partial charge on any atom is -0.648 e. The van der Waals surface area contributed by atoms with Crippen molar-refractivity contribution in [3.05, 3.63) is 40.2 Å². The van der Waals surface area contributed by atoms with Gasteiger partial charge in [-0.1, -0.05) is 68.3 Å². The largest absolute Gasteiger partial charge is 1.00 e. The van der Waals surface area contributed by atoms with Crippen LogP contribution in [-0.2, 0) is 10.2 Å². The molecule has 3 nitrogen and oxygen atoms in total. The van der Waals surface area contributed by atoms with Crippen molar-refractivity contribution in [2.75, 3.05) is 6.61 Å². The fourth-order valence-electron chi connectivity index (χ4n) is 3.79. The van der Waals surface area contributed by atoms with Gasteiger partial charge in [0, 0.05) is 17.0 Å². The van der Waals surface area contributed by atoms with Crippen LogP contribution in [0.15, 0.2) is 24.3 Å². The van der Waals surface area contributed by atoms with Crippen LogP contribution in [0.1, 0.15) is 56.9 Å². The Kier molecular flexibility index (Phi) is 7.25. The Balaban J connectivity index is 0.00000208. The molecule has 2 saturated carbocycles. The number of hydrogen-bond donors (Lipinski definition) is 1. The van der Waals surface area contributed by atoms with Gasteiger partial charge in [-0.3, -0.25) is 0 Å². The SMILES string of the molecule is O=C([N-][C@H](CO)CC1CCCCC1)C1(c2ccc(Cl)cc2)CC1.[Li+]. The molecule has 0 spiro atoms. The molecule has 2 aliphatic carbocycles. The molecule has 0 unspecified atom stereocenters. The molecule has 24 heavy (non-hydrogen) atoms. The molecule has 0 heterocycles. The Morgan fingerprint density at radius 2 is 1.83 bits per heavy atom. The number of aliphatic hydroxyl groups excluding tert-OH is 1. The van der Waals surface area contributed by atoms with Gasteiger partial charge < -0.3 is 15.2 Å². The van der Waals surface area contributed by atoms with Gasteiger partial charge >= 0.3 is 18.9 Å². The molecule has 1 atom stereocenters. The number of rotatable bonds is 6. The van der Waals surface area contributed by atoms with Crippen LogP contribution in [0.2, 0.25) is 5.02 Å². The molecule has 0 saturated heterocycles. The van der Waals surface area contributed by atoms with Crippen molar-refractivity contribution in [2.24, 2.45) is 5.92 Å². The van der Waals surface area contributed by atoms with Crippen LogP contribution in [0.25, 0.3) is 5.32 Å². The zero-order valence-electron chi connectivity index (χ0n) is 14.5. The second-order valence-corrected chi connectivity index (χ2v) is 7.54. The van der Waals surface area contributed by atoms with Crippen LogP contribution in [-0.4, -0.2) is 23.7 Å². The second kappa shape index (κ2) is 8.76. The van der Waals surface area contributed by atoms with Crippen LogP contribution in [0.5, 0.6) is 0 Å². The third kappa shape index (κ3) is 4.58. The molecular formula is C19H25ClLiNO2. The summed E-state index contributed by atoms with van der Waals surface area (Å²) < 4.78 is 0. The molecule has 1 aromatic rings. The number of hydrogen-bond acceptors (Lipinski definition) is 2. The fourth-order valence-corrected chi connectivity index (χ4v) is 3.91. The first-order chi connectivity index (χ1) is 11.1. The van der Waals surface area contributed by atoms with E-state index in [9.17, 15) is 9.90 Å². The third-order valence-corrected chi connectivity index (χ3v) is 5.65. The van der Waals surface area contributed by atoms with Crippen molar-refractivity contribution in [1.29, 1.82) is 0 Å². The Morgan fingerprint density at radius 1 is 1.21 bits per heavy atom. The van der Waals surface area contributed by atoms with E-state index < -0.39 is 5.41 Å². The maximum Gasteiger partial charge on any atom is 1.00 e. The smallest absolute Gasteiger partial charge is 0.648 e. The predicted octanol–water partition coefficient (Wildman–Crippen LogP) is 1.61. The van der Waals surface area contributed by atoms with E-state index in [0.29, 0.717) is 10.9 Å². The first-order valence-corrected chi connectivity index (χ1v) is 9.14. The number of carbonyl (C=O) groups is 1. The third-order valence-electron chi connectivity index (χ3n) is 5.40. The summed E-state index contributed by atoms with van der Waals surface area (Å²) in [5.74, 6) is 0.554. The van der Waals surface area contributed by atoms with Gasteiger partial charge in [-0.05, 0) is 36.5 Å². The molecule has 0 bridgehead atoms. The van der Waals surface area contributed by atoms with E-state index in [0.717, 1.165) is 24.8 Å². The second-order valence-electron chi connectivity index (χ2n) is 7.10. The molecule has 0 aromatic heterocycles. The van der Waals surface area contributed by atoms with E-state index in [1.165, 1.54) is 32.1 Å². The standard InChI is InChI=1S/C19H26ClNO2.Li/c20-16-8-6-15(7-9-16)19(10-11-19)18(23)21-17(13-22)12-14-4-2-1-3-5-14;/h6-9,14,17,22H,1-5,10-13H2,(H,21,23);/q;+1/p-1/t17-;/m0./s1. The Hall–Kier alpha value is -0.463. The summed E-state index contributed by atoms with van der Waals surface area (Å²) in [7, 11) is 0. The number of carbonyl (C=O) groups excluding carboxylic acids is 1. The van der Waals surface area contributed by atoms with Crippen molar-refractivity contribution >= 4 is 17.5 Å². The number of aliphatic hydroxyl groups is 1. The maximum absolute atomic E-state index is 12.7.